The lowest BCUT2D eigenvalue weighted by atomic mass is 10.1. The predicted octanol–water partition coefficient (Wildman–Crippen LogP) is 2.16. The van der Waals surface area contributed by atoms with E-state index in [-0.39, 0.29) is 6.79 Å². The third-order valence-corrected chi connectivity index (χ3v) is 3.61. The van der Waals surface area contributed by atoms with Crippen LogP contribution in [0.3, 0.4) is 0 Å². The number of benzene rings is 1. The van der Waals surface area contributed by atoms with E-state index in [2.05, 4.69) is 19.8 Å². The maximum atomic E-state index is 11.5. The molecule has 0 bridgehead atoms. The number of nitrogens with zero attached hydrogens (tertiary/aromatic N) is 4. The van der Waals surface area contributed by atoms with Gasteiger partial charge in [-0.25, -0.2) is 0 Å². The first-order chi connectivity index (χ1) is 11.7. The zero-order valence-electron chi connectivity index (χ0n) is 12.7. The molecule has 8 heteroatoms. The molecule has 0 saturated heterocycles. The van der Waals surface area contributed by atoms with E-state index in [0.717, 1.165) is 5.56 Å². The predicted molar refractivity (Wildman–Crippen MR) is 83.3 cm³/mol. The van der Waals surface area contributed by atoms with Gasteiger partial charge in [-0.05, 0) is 17.0 Å². The van der Waals surface area contributed by atoms with Gasteiger partial charge in [0.15, 0.2) is 11.5 Å². The number of aliphatic imine (C=N–C) groups is 1. The Bertz CT molecular complexity index is 921. The Balaban J connectivity index is 1.83. The van der Waals surface area contributed by atoms with Crippen molar-refractivity contribution in [2.75, 3.05) is 6.79 Å². The van der Waals surface area contributed by atoms with Gasteiger partial charge in [0, 0.05) is 42.3 Å². The highest BCUT2D eigenvalue weighted by Crippen LogP contribution is 2.42. The minimum absolute atomic E-state index is 0.143. The molecular weight excluding hydrogens is 312 g/mol. The van der Waals surface area contributed by atoms with Gasteiger partial charge in [0.05, 0.1) is 11.3 Å². The van der Waals surface area contributed by atoms with Crippen molar-refractivity contribution in [3.8, 4) is 22.8 Å². The third-order valence-electron chi connectivity index (χ3n) is 3.61. The van der Waals surface area contributed by atoms with E-state index < -0.39 is 0 Å². The summed E-state index contributed by atoms with van der Waals surface area (Å²) in [6.45, 7) is 1.77. The molecule has 0 amide bonds. The fourth-order valence-corrected chi connectivity index (χ4v) is 2.36. The lowest BCUT2D eigenvalue weighted by Crippen LogP contribution is -2.25. The van der Waals surface area contributed by atoms with Gasteiger partial charge in [-0.2, -0.15) is 0 Å². The molecule has 1 aliphatic heterocycles. The van der Waals surface area contributed by atoms with Crippen molar-refractivity contribution >= 4 is 11.9 Å². The Hall–Kier alpha value is -3.42. The summed E-state index contributed by atoms with van der Waals surface area (Å²) < 4.78 is 15.5. The number of fused-ring (bicyclic) bond motifs is 1. The van der Waals surface area contributed by atoms with Gasteiger partial charge in [-0.3, -0.25) is 14.6 Å². The highest BCUT2D eigenvalue weighted by molar-refractivity contribution is 5.86. The van der Waals surface area contributed by atoms with E-state index in [4.69, 9.17) is 9.47 Å². The van der Waals surface area contributed by atoms with Crippen LogP contribution in [0, 0.1) is 12.1 Å². The second kappa shape index (κ2) is 5.65. The van der Waals surface area contributed by atoms with Crippen LogP contribution in [0.25, 0.3) is 11.3 Å². The SMILES string of the molecule is Cc1c(-c2cc3c(cc2N=Cc2cccnc2)OCO3)no[n+]1[O-]. The Morgan fingerprint density at radius 1 is 1.29 bits per heavy atom. The first kappa shape index (κ1) is 14.2. The number of hydrogen-bond donors (Lipinski definition) is 0. The van der Waals surface area contributed by atoms with Gasteiger partial charge in [0.1, 0.15) is 0 Å². The smallest absolute Gasteiger partial charge is 0.253 e. The molecule has 0 aliphatic carbocycles. The number of hydrogen-bond acceptors (Lipinski definition) is 7. The molecule has 0 atom stereocenters. The van der Waals surface area contributed by atoms with Gasteiger partial charge in [0.25, 0.3) is 5.69 Å². The molecule has 0 fully saturated rings. The van der Waals surface area contributed by atoms with Gasteiger partial charge in [-0.1, -0.05) is 6.07 Å². The first-order valence-electron chi connectivity index (χ1n) is 7.17. The molecule has 0 radical (unpaired) electrons. The van der Waals surface area contributed by atoms with Crippen LogP contribution in [-0.4, -0.2) is 23.1 Å². The molecule has 2 aromatic heterocycles. The van der Waals surface area contributed by atoms with Crippen LogP contribution in [0.2, 0.25) is 0 Å². The second-order valence-corrected chi connectivity index (χ2v) is 5.13. The van der Waals surface area contributed by atoms with Gasteiger partial charge < -0.3 is 14.7 Å². The van der Waals surface area contributed by atoms with Crippen molar-refractivity contribution in [1.29, 1.82) is 0 Å². The standard InChI is InChI=1S/C16H12N4O4/c1-10-16(19-24-20(10)21)12-5-14-15(23-9-22-14)6-13(12)18-8-11-3-2-4-17-7-11/h2-8H,9H2,1H3. The fraction of sp³-hybridized carbons (Fsp3) is 0.125. The maximum absolute atomic E-state index is 11.5. The summed E-state index contributed by atoms with van der Waals surface area (Å²) in [6, 6.07) is 7.19. The third kappa shape index (κ3) is 2.43. The molecule has 0 unspecified atom stereocenters. The molecule has 0 saturated carbocycles. The van der Waals surface area contributed by atoms with Crippen molar-refractivity contribution in [3.05, 3.63) is 53.1 Å². The van der Waals surface area contributed by atoms with E-state index in [1.165, 1.54) is 0 Å². The van der Waals surface area contributed by atoms with E-state index in [0.29, 0.717) is 39.0 Å². The fourth-order valence-electron chi connectivity index (χ4n) is 2.36. The van der Waals surface area contributed by atoms with Gasteiger partial charge >= 0.3 is 0 Å². The van der Waals surface area contributed by atoms with Crippen LogP contribution in [0.1, 0.15) is 11.3 Å². The van der Waals surface area contributed by atoms with Gasteiger partial charge in [0.2, 0.25) is 12.5 Å². The minimum Gasteiger partial charge on any atom is -0.454 e. The molecule has 1 aromatic carbocycles. The minimum atomic E-state index is 0.143. The zero-order valence-corrected chi connectivity index (χ0v) is 12.7. The molecule has 120 valence electrons. The van der Waals surface area contributed by atoms with Crippen molar-refractivity contribution in [1.82, 2.24) is 10.1 Å². The second-order valence-electron chi connectivity index (χ2n) is 5.13. The van der Waals surface area contributed by atoms with Crippen molar-refractivity contribution < 1.29 is 19.0 Å². The number of pyridine rings is 1. The Kier molecular flexibility index (Phi) is 3.34. The summed E-state index contributed by atoms with van der Waals surface area (Å²) in [5, 5.41) is 15.3. The zero-order chi connectivity index (χ0) is 16.5. The topological polar surface area (TPSA) is 96.7 Å². The molecule has 24 heavy (non-hydrogen) atoms. The lowest BCUT2D eigenvalue weighted by Gasteiger charge is -2.03. The van der Waals surface area contributed by atoms with E-state index in [9.17, 15) is 5.21 Å². The summed E-state index contributed by atoms with van der Waals surface area (Å²) in [5.41, 5.74) is 2.79. The van der Waals surface area contributed by atoms with Crippen molar-refractivity contribution in [2.45, 2.75) is 6.92 Å². The quantitative estimate of drug-likeness (QED) is 0.541. The summed E-state index contributed by atoms with van der Waals surface area (Å²) in [6.07, 6.45) is 5.06. The molecule has 1 aliphatic rings. The van der Waals surface area contributed by atoms with Crippen LogP contribution in [0.15, 0.2) is 46.3 Å². The van der Waals surface area contributed by atoms with Crippen molar-refractivity contribution in [3.63, 3.8) is 0 Å². The van der Waals surface area contributed by atoms with Gasteiger partial charge in [-0.15, -0.1) is 0 Å². The molecule has 3 aromatic rings. The molecule has 3 heterocycles. The van der Waals surface area contributed by atoms with Crippen LogP contribution < -0.4 is 14.4 Å². The summed E-state index contributed by atoms with van der Waals surface area (Å²) in [7, 11) is 0. The lowest BCUT2D eigenvalue weighted by molar-refractivity contribution is -0.806. The normalized spacial score (nSPS) is 12.9. The van der Waals surface area contributed by atoms with E-state index in [1.54, 1.807) is 37.7 Å². The Morgan fingerprint density at radius 2 is 2.12 bits per heavy atom. The number of aromatic nitrogens is 3. The average Bonchev–Trinajstić information content (AvgIpc) is 3.20. The molecule has 8 nitrogen and oxygen atoms in total. The van der Waals surface area contributed by atoms with Crippen LogP contribution in [0.4, 0.5) is 5.69 Å². The highest BCUT2D eigenvalue weighted by Gasteiger charge is 2.24. The summed E-state index contributed by atoms with van der Waals surface area (Å²) >= 11 is 0. The molecular formula is C16H12N4O4. The Labute approximate surface area is 136 Å². The highest BCUT2D eigenvalue weighted by atomic mass is 16.8. The average molecular weight is 324 g/mol. The van der Waals surface area contributed by atoms with Crippen molar-refractivity contribution in [2.24, 2.45) is 4.99 Å². The Morgan fingerprint density at radius 3 is 2.83 bits per heavy atom. The van der Waals surface area contributed by atoms with Crippen LogP contribution >= 0.6 is 0 Å². The molecule has 0 spiro atoms. The van der Waals surface area contributed by atoms with E-state index >= 15 is 0 Å². The number of rotatable bonds is 3. The largest absolute Gasteiger partial charge is 0.454 e. The monoisotopic (exact) mass is 324 g/mol. The van der Waals surface area contributed by atoms with Crippen LogP contribution in [0.5, 0.6) is 11.5 Å². The molecule has 0 N–H and O–H groups in total. The van der Waals surface area contributed by atoms with Crippen LogP contribution in [-0.2, 0) is 0 Å². The summed E-state index contributed by atoms with van der Waals surface area (Å²) in [4.78, 5) is 8.89. The molecule has 4 rings (SSSR count). The van der Waals surface area contributed by atoms with E-state index in [1.807, 2.05) is 12.1 Å². The first-order valence-corrected chi connectivity index (χ1v) is 7.17. The summed E-state index contributed by atoms with van der Waals surface area (Å²) in [5.74, 6) is 1.17. The maximum Gasteiger partial charge on any atom is 0.253 e. The number of ether oxygens (including phenoxy) is 2.